The summed E-state index contributed by atoms with van der Waals surface area (Å²) in [6.45, 7) is 6.38. The summed E-state index contributed by atoms with van der Waals surface area (Å²) in [6.07, 6.45) is 57.7. The summed E-state index contributed by atoms with van der Waals surface area (Å²) >= 11 is 0. The molecule has 0 saturated carbocycles. The number of carbonyl (C=O) groups excluding carboxylic acids is 3. The van der Waals surface area contributed by atoms with Crippen LogP contribution in [0.1, 0.15) is 239 Å². The van der Waals surface area contributed by atoms with Crippen molar-refractivity contribution in [2.75, 3.05) is 13.2 Å². The van der Waals surface area contributed by atoms with Crippen molar-refractivity contribution in [3.63, 3.8) is 0 Å². The molecule has 0 aliphatic heterocycles. The summed E-state index contributed by atoms with van der Waals surface area (Å²) < 4.78 is 16.8. The molecular formula is C53H92O6. The molecule has 6 heteroatoms. The number of hydrogen-bond acceptors (Lipinski definition) is 6. The summed E-state index contributed by atoms with van der Waals surface area (Å²) in [5, 5.41) is 0. The van der Waals surface area contributed by atoms with Crippen LogP contribution in [0.25, 0.3) is 0 Å². The lowest BCUT2D eigenvalue weighted by Gasteiger charge is -2.18. The molecule has 0 radical (unpaired) electrons. The van der Waals surface area contributed by atoms with E-state index in [1.165, 1.54) is 96.3 Å². The van der Waals surface area contributed by atoms with Gasteiger partial charge in [0.25, 0.3) is 0 Å². The zero-order valence-corrected chi connectivity index (χ0v) is 38.8. The van der Waals surface area contributed by atoms with E-state index < -0.39 is 6.10 Å². The van der Waals surface area contributed by atoms with Crippen molar-refractivity contribution >= 4 is 17.9 Å². The second kappa shape index (κ2) is 47.8. The van der Waals surface area contributed by atoms with E-state index in [0.29, 0.717) is 19.3 Å². The molecule has 0 saturated heterocycles. The predicted octanol–water partition coefficient (Wildman–Crippen LogP) is 16.1. The van der Waals surface area contributed by atoms with Gasteiger partial charge >= 0.3 is 17.9 Å². The van der Waals surface area contributed by atoms with Crippen molar-refractivity contribution in [3.05, 3.63) is 60.8 Å². The fourth-order valence-electron chi connectivity index (χ4n) is 6.89. The maximum Gasteiger partial charge on any atom is 0.306 e. The Balaban J connectivity index is 4.40. The van der Waals surface area contributed by atoms with Gasteiger partial charge in [-0.05, 0) is 64.2 Å². The Bertz CT molecular complexity index is 1090. The molecule has 0 amide bonds. The van der Waals surface area contributed by atoms with Gasteiger partial charge in [-0.15, -0.1) is 0 Å². The summed E-state index contributed by atoms with van der Waals surface area (Å²) in [7, 11) is 0. The van der Waals surface area contributed by atoms with Gasteiger partial charge in [-0.1, -0.05) is 216 Å². The minimum absolute atomic E-state index is 0.0837. The standard InChI is InChI=1S/C53H92O6/c1-4-7-10-13-16-19-22-25-28-31-34-37-40-43-46-52(55)58-49-50(48-57-51(54)45-42-39-36-33-30-27-24-21-18-15-12-9-6-3)59-53(56)47-44-41-38-35-32-29-26-23-20-17-14-11-8-5-2/h7,9-10,12,15-16,18-19,21,24,50H,4-6,8,11,13-14,17,20,22-23,25-49H2,1-3H3/b10-7-,12-9-,18-15-,19-16-,24-21-. The predicted molar refractivity (Wildman–Crippen MR) is 251 cm³/mol. The number of esters is 3. The maximum absolute atomic E-state index is 12.8. The first-order valence-corrected chi connectivity index (χ1v) is 24.8. The molecule has 59 heavy (non-hydrogen) atoms. The van der Waals surface area contributed by atoms with Crippen LogP contribution in [0.2, 0.25) is 0 Å². The zero-order chi connectivity index (χ0) is 43.0. The SMILES string of the molecule is CC\C=C/C=C\C=C/CCCCCCCC(=O)OCC(COC(=O)CCCCCCCCC/C=C\C/C=C\CC)OC(=O)CCCCCCCCCCCCCCCC. The van der Waals surface area contributed by atoms with E-state index in [-0.39, 0.29) is 31.1 Å². The summed E-state index contributed by atoms with van der Waals surface area (Å²) in [4.78, 5) is 37.9. The van der Waals surface area contributed by atoms with Crippen LogP contribution >= 0.6 is 0 Å². The van der Waals surface area contributed by atoms with Crippen LogP contribution in [0.4, 0.5) is 0 Å². The van der Waals surface area contributed by atoms with Crippen LogP contribution in [-0.4, -0.2) is 37.2 Å². The van der Waals surface area contributed by atoms with Crippen LogP contribution in [0.15, 0.2) is 60.8 Å². The summed E-state index contributed by atoms with van der Waals surface area (Å²) in [5.41, 5.74) is 0. The van der Waals surface area contributed by atoms with Crippen LogP contribution in [0.3, 0.4) is 0 Å². The smallest absolute Gasteiger partial charge is 0.306 e. The molecule has 340 valence electrons. The summed E-state index contributed by atoms with van der Waals surface area (Å²) in [6, 6.07) is 0. The van der Waals surface area contributed by atoms with Crippen molar-refractivity contribution in [1.82, 2.24) is 0 Å². The molecule has 0 fully saturated rings. The molecule has 0 aliphatic carbocycles. The highest BCUT2D eigenvalue weighted by molar-refractivity contribution is 5.71. The Kier molecular flexibility index (Phi) is 45.4. The van der Waals surface area contributed by atoms with Crippen LogP contribution in [0, 0.1) is 0 Å². The van der Waals surface area contributed by atoms with Gasteiger partial charge in [0.2, 0.25) is 0 Å². The van der Waals surface area contributed by atoms with E-state index in [1.54, 1.807) is 0 Å². The highest BCUT2D eigenvalue weighted by Crippen LogP contribution is 2.15. The quantitative estimate of drug-likeness (QED) is 0.0200. The molecule has 0 aliphatic rings. The van der Waals surface area contributed by atoms with Crippen molar-refractivity contribution in [2.45, 2.75) is 245 Å². The molecule has 0 bridgehead atoms. The van der Waals surface area contributed by atoms with Gasteiger partial charge < -0.3 is 14.2 Å². The lowest BCUT2D eigenvalue weighted by atomic mass is 10.0. The number of rotatable bonds is 44. The molecule has 6 nitrogen and oxygen atoms in total. The van der Waals surface area contributed by atoms with E-state index in [0.717, 1.165) is 103 Å². The van der Waals surface area contributed by atoms with Gasteiger partial charge in [0.1, 0.15) is 13.2 Å². The van der Waals surface area contributed by atoms with E-state index in [4.69, 9.17) is 14.2 Å². The van der Waals surface area contributed by atoms with Gasteiger partial charge in [-0.25, -0.2) is 0 Å². The Morgan fingerprint density at radius 1 is 0.373 bits per heavy atom. The third-order valence-electron chi connectivity index (χ3n) is 10.6. The van der Waals surface area contributed by atoms with E-state index in [2.05, 4.69) is 81.5 Å². The Morgan fingerprint density at radius 3 is 1.20 bits per heavy atom. The Hall–Kier alpha value is -2.89. The number of ether oxygens (including phenoxy) is 3. The summed E-state index contributed by atoms with van der Waals surface area (Å²) in [5.74, 6) is -0.908. The van der Waals surface area contributed by atoms with Crippen LogP contribution in [0.5, 0.6) is 0 Å². The molecule has 1 unspecified atom stereocenters. The third-order valence-corrected chi connectivity index (χ3v) is 10.6. The number of carbonyl (C=O) groups is 3. The Morgan fingerprint density at radius 2 is 0.746 bits per heavy atom. The number of hydrogen-bond donors (Lipinski definition) is 0. The normalized spacial score (nSPS) is 12.5. The third kappa shape index (κ3) is 46.0. The molecule has 0 N–H and O–H groups in total. The largest absolute Gasteiger partial charge is 0.462 e. The average Bonchev–Trinajstić information content (AvgIpc) is 3.23. The van der Waals surface area contributed by atoms with E-state index in [1.807, 2.05) is 0 Å². The highest BCUT2D eigenvalue weighted by Gasteiger charge is 2.19. The van der Waals surface area contributed by atoms with Crippen molar-refractivity contribution in [1.29, 1.82) is 0 Å². The molecule has 0 aromatic carbocycles. The molecule has 0 spiro atoms. The maximum atomic E-state index is 12.8. The van der Waals surface area contributed by atoms with Gasteiger partial charge in [0.05, 0.1) is 0 Å². The lowest BCUT2D eigenvalue weighted by molar-refractivity contribution is -0.167. The zero-order valence-electron chi connectivity index (χ0n) is 38.8. The van der Waals surface area contributed by atoms with Gasteiger partial charge in [-0.2, -0.15) is 0 Å². The highest BCUT2D eigenvalue weighted by atomic mass is 16.6. The monoisotopic (exact) mass is 825 g/mol. The van der Waals surface area contributed by atoms with Crippen molar-refractivity contribution < 1.29 is 28.6 Å². The molecule has 0 aromatic rings. The van der Waals surface area contributed by atoms with Gasteiger partial charge in [0.15, 0.2) is 6.10 Å². The molecule has 1 atom stereocenters. The van der Waals surface area contributed by atoms with E-state index in [9.17, 15) is 14.4 Å². The van der Waals surface area contributed by atoms with Crippen molar-refractivity contribution in [3.8, 4) is 0 Å². The first kappa shape index (κ1) is 56.1. The van der Waals surface area contributed by atoms with Crippen LogP contribution < -0.4 is 0 Å². The molecule has 0 rings (SSSR count). The minimum atomic E-state index is -0.782. The fraction of sp³-hybridized carbons (Fsp3) is 0.755. The second-order valence-corrected chi connectivity index (χ2v) is 16.4. The fourth-order valence-corrected chi connectivity index (χ4v) is 6.89. The molecular weight excluding hydrogens is 733 g/mol. The number of allylic oxidation sites excluding steroid dienone is 10. The van der Waals surface area contributed by atoms with Crippen LogP contribution in [-0.2, 0) is 28.6 Å². The van der Waals surface area contributed by atoms with Gasteiger partial charge in [0, 0.05) is 19.3 Å². The van der Waals surface area contributed by atoms with Gasteiger partial charge in [-0.3, -0.25) is 14.4 Å². The second-order valence-electron chi connectivity index (χ2n) is 16.4. The minimum Gasteiger partial charge on any atom is -0.462 e. The topological polar surface area (TPSA) is 78.9 Å². The first-order chi connectivity index (χ1) is 29.0. The number of unbranched alkanes of at least 4 members (excludes halogenated alkanes) is 25. The van der Waals surface area contributed by atoms with E-state index >= 15 is 0 Å². The van der Waals surface area contributed by atoms with Crippen molar-refractivity contribution in [2.24, 2.45) is 0 Å². The average molecular weight is 825 g/mol. The Labute approximate surface area is 364 Å². The first-order valence-electron chi connectivity index (χ1n) is 24.8. The molecule has 0 heterocycles. The molecule has 0 aromatic heterocycles. The lowest BCUT2D eigenvalue weighted by Crippen LogP contribution is -2.30.